The zero-order valence-corrected chi connectivity index (χ0v) is 17.3. The maximum atomic E-state index is 12.1. The predicted octanol–water partition coefficient (Wildman–Crippen LogP) is -0.172. The van der Waals surface area contributed by atoms with Crippen molar-refractivity contribution in [3.63, 3.8) is 0 Å². The van der Waals surface area contributed by atoms with Crippen molar-refractivity contribution in [2.75, 3.05) is 6.61 Å². The van der Waals surface area contributed by atoms with Crippen LogP contribution in [0.3, 0.4) is 0 Å². The standard InChI is InChI=1S/C23H24O10/c24-10-18-20(28)21(29)22(30)23(33-18)32-17-8-13(26)5-6-14(17)15-9-19(27)31-16(15)7-11-1-3-12(25)4-2-11/h1-6,8-9,16,18,20-26,28-30H,7,10H2/t16-,18-,20+,21+,22+,23-/m0/s1. The molecule has 1 saturated heterocycles. The zero-order chi connectivity index (χ0) is 23.7. The molecule has 0 amide bonds. The number of hydrogen-bond acceptors (Lipinski definition) is 10. The fourth-order valence-electron chi connectivity index (χ4n) is 3.84. The number of cyclic esters (lactones) is 1. The van der Waals surface area contributed by atoms with Gasteiger partial charge in [0.05, 0.1) is 6.61 Å². The van der Waals surface area contributed by atoms with Crippen molar-refractivity contribution >= 4 is 11.5 Å². The van der Waals surface area contributed by atoms with Gasteiger partial charge in [-0.1, -0.05) is 12.1 Å². The lowest BCUT2D eigenvalue weighted by Crippen LogP contribution is -2.60. The van der Waals surface area contributed by atoms with Crippen molar-refractivity contribution in [1.82, 2.24) is 0 Å². The topological polar surface area (TPSA) is 166 Å². The van der Waals surface area contributed by atoms with Crippen molar-refractivity contribution < 1.29 is 49.6 Å². The van der Waals surface area contributed by atoms with Gasteiger partial charge in [0.2, 0.25) is 6.29 Å². The smallest absolute Gasteiger partial charge is 0.331 e. The number of aromatic hydroxyl groups is 2. The average molecular weight is 460 g/mol. The highest BCUT2D eigenvalue weighted by Crippen LogP contribution is 2.38. The Kier molecular flexibility index (Phi) is 6.54. The number of phenols is 2. The van der Waals surface area contributed by atoms with Crippen molar-refractivity contribution in [1.29, 1.82) is 0 Å². The number of aliphatic hydroxyl groups excluding tert-OH is 4. The first kappa shape index (κ1) is 23.0. The van der Waals surface area contributed by atoms with Crippen LogP contribution in [0.1, 0.15) is 11.1 Å². The van der Waals surface area contributed by atoms with Crippen LogP contribution in [0.2, 0.25) is 0 Å². The minimum atomic E-state index is -1.65. The molecule has 33 heavy (non-hydrogen) atoms. The second-order valence-electron chi connectivity index (χ2n) is 7.89. The van der Waals surface area contributed by atoms with Crippen molar-refractivity contribution in [3.05, 3.63) is 59.7 Å². The van der Waals surface area contributed by atoms with Gasteiger partial charge in [-0.15, -0.1) is 0 Å². The highest BCUT2D eigenvalue weighted by Gasteiger charge is 2.45. The quantitative estimate of drug-likeness (QED) is 0.319. The molecule has 2 aromatic carbocycles. The number of phenolic OH excluding ortho intramolecular Hbond substituents is 2. The van der Waals surface area contributed by atoms with Gasteiger partial charge in [0, 0.05) is 29.7 Å². The maximum Gasteiger partial charge on any atom is 0.331 e. The van der Waals surface area contributed by atoms with E-state index >= 15 is 0 Å². The number of carbonyl (C=O) groups excluding carboxylic acids is 1. The number of hydrogen-bond donors (Lipinski definition) is 6. The second kappa shape index (κ2) is 9.38. The maximum absolute atomic E-state index is 12.1. The summed E-state index contributed by atoms with van der Waals surface area (Å²) in [6, 6.07) is 10.6. The molecule has 0 radical (unpaired) electrons. The minimum Gasteiger partial charge on any atom is -0.508 e. The monoisotopic (exact) mass is 460 g/mol. The third-order valence-corrected chi connectivity index (χ3v) is 5.60. The summed E-state index contributed by atoms with van der Waals surface area (Å²) in [6.07, 6.45) is -6.59. The number of rotatable bonds is 6. The van der Waals surface area contributed by atoms with Crippen LogP contribution in [0.5, 0.6) is 17.2 Å². The molecule has 2 aromatic rings. The summed E-state index contributed by atoms with van der Waals surface area (Å²) >= 11 is 0. The van der Waals surface area contributed by atoms with E-state index in [1.165, 1.54) is 36.4 Å². The van der Waals surface area contributed by atoms with Crippen LogP contribution >= 0.6 is 0 Å². The van der Waals surface area contributed by atoms with Gasteiger partial charge in [0.15, 0.2) is 0 Å². The molecule has 0 spiro atoms. The number of ether oxygens (including phenoxy) is 3. The summed E-state index contributed by atoms with van der Waals surface area (Å²) in [5, 5.41) is 59.2. The molecule has 2 aliphatic rings. The molecule has 0 unspecified atom stereocenters. The minimum absolute atomic E-state index is 0.0274. The lowest BCUT2D eigenvalue weighted by Gasteiger charge is -2.39. The summed E-state index contributed by atoms with van der Waals surface area (Å²) in [7, 11) is 0. The Bertz CT molecular complexity index is 1030. The summed E-state index contributed by atoms with van der Waals surface area (Å²) in [5.41, 5.74) is 1.63. The van der Waals surface area contributed by atoms with E-state index in [9.17, 15) is 35.4 Å². The number of aliphatic hydroxyl groups is 4. The fourth-order valence-corrected chi connectivity index (χ4v) is 3.84. The first-order chi connectivity index (χ1) is 15.8. The second-order valence-corrected chi connectivity index (χ2v) is 7.89. The summed E-state index contributed by atoms with van der Waals surface area (Å²) in [5.74, 6) is -0.605. The Morgan fingerprint density at radius 3 is 2.30 bits per heavy atom. The van der Waals surface area contributed by atoms with E-state index in [0.29, 0.717) is 17.6 Å². The Hall–Kier alpha value is -3.15. The Morgan fingerprint density at radius 1 is 0.909 bits per heavy atom. The largest absolute Gasteiger partial charge is 0.508 e. The van der Waals surface area contributed by atoms with Crippen LogP contribution in [-0.2, 0) is 20.7 Å². The van der Waals surface area contributed by atoms with Gasteiger partial charge in [-0.2, -0.15) is 0 Å². The van der Waals surface area contributed by atoms with Crippen LogP contribution in [0.4, 0.5) is 0 Å². The molecule has 4 rings (SSSR count). The van der Waals surface area contributed by atoms with E-state index < -0.39 is 49.4 Å². The summed E-state index contributed by atoms with van der Waals surface area (Å²) in [4.78, 5) is 12.1. The fraction of sp³-hybridized carbons (Fsp3) is 0.348. The normalized spacial score (nSPS) is 29.5. The van der Waals surface area contributed by atoms with E-state index in [2.05, 4.69) is 0 Å². The number of benzene rings is 2. The molecule has 0 bridgehead atoms. The number of esters is 1. The predicted molar refractivity (Wildman–Crippen MR) is 112 cm³/mol. The first-order valence-corrected chi connectivity index (χ1v) is 10.3. The molecule has 0 aliphatic carbocycles. The van der Waals surface area contributed by atoms with Crippen LogP contribution in [0, 0.1) is 0 Å². The first-order valence-electron chi connectivity index (χ1n) is 10.3. The molecule has 2 aliphatic heterocycles. The van der Waals surface area contributed by atoms with E-state index in [1.54, 1.807) is 12.1 Å². The van der Waals surface area contributed by atoms with Crippen molar-refractivity contribution in [2.45, 2.75) is 43.2 Å². The molecule has 6 atom stereocenters. The molecule has 6 N–H and O–H groups in total. The Morgan fingerprint density at radius 2 is 1.61 bits per heavy atom. The zero-order valence-electron chi connectivity index (χ0n) is 17.3. The Labute approximate surface area is 188 Å². The van der Waals surface area contributed by atoms with Gasteiger partial charge in [-0.25, -0.2) is 4.79 Å². The lowest BCUT2D eigenvalue weighted by molar-refractivity contribution is -0.277. The molecular weight excluding hydrogens is 436 g/mol. The summed E-state index contributed by atoms with van der Waals surface area (Å²) < 4.78 is 16.6. The van der Waals surface area contributed by atoms with E-state index in [4.69, 9.17) is 14.2 Å². The molecule has 10 heteroatoms. The average Bonchev–Trinajstić information content (AvgIpc) is 3.15. The van der Waals surface area contributed by atoms with E-state index in [0.717, 1.165) is 5.56 Å². The van der Waals surface area contributed by atoms with Crippen LogP contribution < -0.4 is 4.74 Å². The Balaban J connectivity index is 1.62. The van der Waals surface area contributed by atoms with Crippen LogP contribution in [0.25, 0.3) is 5.57 Å². The molecule has 0 aromatic heterocycles. The highest BCUT2D eigenvalue weighted by atomic mass is 16.7. The molecule has 1 fully saturated rings. The van der Waals surface area contributed by atoms with E-state index in [-0.39, 0.29) is 17.2 Å². The van der Waals surface area contributed by atoms with Crippen LogP contribution in [-0.4, -0.2) is 80.0 Å². The molecule has 10 nitrogen and oxygen atoms in total. The SMILES string of the molecule is O=C1C=C(c2ccc(O)cc2O[C@H]2O[C@@H](CO)[C@@H](O)[C@@H](O)[C@H]2O)[C@H](Cc2ccc(O)cc2)O1. The molecule has 0 saturated carbocycles. The van der Waals surface area contributed by atoms with E-state index in [1.807, 2.05) is 0 Å². The van der Waals surface area contributed by atoms with Gasteiger partial charge in [-0.05, 0) is 29.8 Å². The molecule has 176 valence electrons. The van der Waals surface area contributed by atoms with Crippen LogP contribution in [0.15, 0.2) is 48.5 Å². The molecule has 2 heterocycles. The molecular formula is C23H24O10. The van der Waals surface area contributed by atoms with Crippen molar-refractivity contribution in [3.8, 4) is 17.2 Å². The van der Waals surface area contributed by atoms with Gasteiger partial charge in [0.25, 0.3) is 0 Å². The van der Waals surface area contributed by atoms with Gasteiger partial charge >= 0.3 is 5.97 Å². The third-order valence-electron chi connectivity index (χ3n) is 5.60. The lowest BCUT2D eigenvalue weighted by atomic mass is 9.95. The van der Waals surface area contributed by atoms with Gasteiger partial charge in [-0.3, -0.25) is 0 Å². The number of carbonyl (C=O) groups is 1. The van der Waals surface area contributed by atoms with Crippen molar-refractivity contribution in [2.24, 2.45) is 0 Å². The van der Waals surface area contributed by atoms with Gasteiger partial charge in [0.1, 0.15) is 47.8 Å². The third kappa shape index (κ3) is 4.80. The summed E-state index contributed by atoms with van der Waals surface area (Å²) in [6.45, 7) is -0.625. The highest BCUT2D eigenvalue weighted by molar-refractivity contribution is 5.98. The van der Waals surface area contributed by atoms with Gasteiger partial charge < -0.3 is 44.8 Å².